The second-order valence-electron chi connectivity index (χ2n) is 9.50. The third-order valence-corrected chi connectivity index (χ3v) is 6.93. The molecule has 0 bridgehead atoms. The summed E-state index contributed by atoms with van der Waals surface area (Å²) in [5, 5.41) is 3.49. The van der Waals surface area contributed by atoms with E-state index < -0.39 is 0 Å². The number of aromatic nitrogens is 4. The number of ether oxygens (including phenoxy) is 1. The van der Waals surface area contributed by atoms with E-state index in [0.29, 0.717) is 17.3 Å². The molecule has 0 saturated carbocycles. The smallest absolute Gasteiger partial charge is 0.229 e. The molecule has 1 aliphatic heterocycles. The Morgan fingerprint density at radius 1 is 0.692 bits per heavy atom. The molecule has 1 N–H and O–H groups in total. The lowest BCUT2D eigenvalue weighted by atomic mass is 10.0. The Morgan fingerprint density at radius 2 is 1.38 bits per heavy atom. The summed E-state index contributed by atoms with van der Waals surface area (Å²) in [5.41, 5.74) is 6.07. The van der Waals surface area contributed by atoms with E-state index in [1.54, 1.807) is 0 Å². The fourth-order valence-electron chi connectivity index (χ4n) is 4.93. The highest BCUT2D eigenvalue weighted by molar-refractivity contribution is 5.87. The zero-order chi connectivity index (χ0) is 26.0. The minimum atomic E-state index is 0.667. The fraction of sp³-hybridized carbons (Fsp3) is 0.0938. The average molecular weight is 511 g/mol. The maximum atomic E-state index is 5.96. The van der Waals surface area contributed by atoms with Crippen LogP contribution in [0.4, 0.5) is 17.5 Å². The first-order chi connectivity index (χ1) is 19.3. The number of imidazole rings is 1. The van der Waals surface area contributed by atoms with E-state index in [9.17, 15) is 0 Å². The summed E-state index contributed by atoms with van der Waals surface area (Å²) in [5.74, 6) is 2.91. The minimum Gasteiger partial charge on any atom is -0.457 e. The number of hydrogen-bond donors (Lipinski definition) is 1. The minimum absolute atomic E-state index is 0.667. The van der Waals surface area contributed by atoms with Gasteiger partial charge in [0.05, 0.1) is 0 Å². The van der Waals surface area contributed by atoms with E-state index in [2.05, 4.69) is 46.6 Å². The van der Waals surface area contributed by atoms with Gasteiger partial charge in [0.15, 0.2) is 17.0 Å². The normalized spacial score (nSPS) is 12.8. The Morgan fingerprint density at radius 3 is 2.18 bits per heavy atom. The number of hydrogen-bond acceptors (Lipinski definition) is 6. The van der Waals surface area contributed by atoms with Gasteiger partial charge in [-0.3, -0.25) is 4.57 Å². The molecule has 0 fully saturated rings. The highest BCUT2D eigenvalue weighted by atomic mass is 16.5. The second kappa shape index (κ2) is 9.95. The molecule has 0 amide bonds. The molecule has 0 saturated heterocycles. The Balaban J connectivity index is 1.25. The number of benzene rings is 4. The van der Waals surface area contributed by atoms with Crippen LogP contribution in [-0.4, -0.2) is 26.1 Å². The SMILES string of the molecule is c1ccc(Oc2ccc(Nc3nc(N4CCc5ccccc5C4)nc4c3ncn4-c3ccccc3)cc2)cc1. The van der Waals surface area contributed by atoms with Crippen molar-refractivity contribution in [3.05, 3.63) is 127 Å². The molecule has 4 aromatic carbocycles. The van der Waals surface area contributed by atoms with Crippen LogP contribution in [0.2, 0.25) is 0 Å². The second-order valence-corrected chi connectivity index (χ2v) is 9.50. The van der Waals surface area contributed by atoms with Crippen LogP contribution in [0.1, 0.15) is 11.1 Å². The predicted molar refractivity (Wildman–Crippen MR) is 154 cm³/mol. The van der Waals surface area contributed by atoms with E-state index in [-0.39, 0.29) is 0 Å². The van der Waals surface area contributed by atoms with Crippen LogP contribution in [0.3, 0.4) is 0 Å². The maximum Gasteiger partial charge on any atom is 0.229 e. The zero-order valence-electron chi connectivity index (χ0n) is 21.2. The van der Waals surface area contributed by atoms with Gasteiger partial charge in [-0.2, -0.15) is 9.97 Å². The molecule has 190 valence electrons. The van der Waals surface area contributed by atoms with Gasteiger partial charge >= 0.3 is 0 Å². The molecule has 6 aromatic rings. The Labute approximate surface area is 226 Å². The van der Waals surface area contributed by atoms with Crippen molar-refractivity contribution in [2.75, 3.05) is 16.8 Å². The first-order valence-corrected chi connectivity index (χ1v) is 13.0. The van der Waals surface area contributed by atoms with Gasteiger partial charge in [-0.25, -0.2) is 4.98 Å². The van der Waals surface area contributed by atoms with Crippen molar-refractivity contribution >= 4 is 28.6 Å². The lowest BCUT2D eigenvalue weighted by Crippen LogP contribution is -2.32. The molecule has 0 spiro atoms. The largest absolute Gasteiger partial charge is 0.457 e. The predicted octanol–water partition coefficient (Wildman–Crippen LogP) is 6.91. The first kappa shape index (κ1) is 23.0. The summed E-state index contributed by atoms with van der Waals surface area (Å²) in [4.78, 5) is 17.0. The molecule has 0 atom stereocenters. The van der Waals surface area contributed by atoms with Crippen LogP contribution in [0, 0.1) is 0 Å². The van der Waals surface area contributed by atoms with E-state index in [1.165, 1.54) is 11.1 Å². The molecule has 7 rings (SSSR count). The molecule has 3 heterocycles. The zero-order valence-corrected chi connectivity index (χ0v) is 21.2. The molecule has 0 unspecified atom stereocenters. The van der Waals surface area contributed by atoms with Gasteiger partial charge in [-0.15, -0.1) is 0 Å². The molecular formula is C32H26N6O. The van der Waals surface area contributed by atoms with E-state index in [4.69, 9.17) is 19.7 Å². The van der Waals surface area contributed by atoms with Gasteiger partial charge in [0.25, 0.3) is 0 Å². The van der Waals surface area contributed by atoms with Crippen molar-refractivity contribution in [3.8, 4) is 17.2 Å². The van der Waals surface area contributed by atoms with Crippen LogP contribution in [0.15, 0.2) is 116 Å². The molecule has 2 aromatic heterocycles. The van der Waals surface area contributed by atoms with E-state index >= 15 is 0 Å². The highest BCUT2D eigenvalue weighted by Crippen LogP contribution is 2.30. The van der Waals surface area contributed by atoms with Gasteiger partial charge in [0.2, 0.25) is 5.95 Å². The monoisotopic (exact) mass is 510 g/mol. The van der Waals surface area contributed by atoms with Gasteiger partial charge in [0, 0.05) is 24.5 Å². The molecule has 0 radical (unpaired) electrons. The first-order valence-electron chi connectivity index (χ1n) is 13.0. The van der Waals surface area contributed by atoms with E-state index in [1.807, 2.05) is 83.7 Å². The molecular weight excluding hydrogens is 484 g/mol. The van der Waals surface area contributed by atoms with Crippen molar-refractivity contribution < 1.29 is 4.74 Å². The quantitative estimate of drug-likeness (QED) is 0.262. The Bertz CT molecular complexity index is 1730. The van der Waals surface area contributed by atoms with Gasteiger partial charge in [-0.05, 0) is 66.1 Å². The topological polar surface area (TPSA) is 68.1 Å². The molecule has 1 aliphatic rings. The summed E-state index contributed by atoms with van der Waals surface area (Å²) >= 11 is 0. The van der Waals surface area contributed by atoms with Crippen molar-refractivity contribution in [1.82, 2.24) is 19.5 Å². The molecule has 39 heavy (non-hydrogen) atoms. The number of anilines is 3. The standard InChI is InChI=1S/C32H26N6O/c1-3-11-26(12-4-1)38-22-33-29-30(34-25-15-17-28(18-16-25)39-27-13-5-2-6-14-27)35-32(36-31(29)38)37-20-19-23-9-7-8-10-24(23)21-37/h1-18,22H,19-21H2,(H,34,35,36). The van der Waals surface area contributed by atoms with Crippen molar-refractivity contribution in [3.63, 3.8) is 0 Å². The summed E-state index contributed by atoms with van der Waals surface area (Å²) in [6.07, 6.45) is 2.77. The third kappa shape index (κ3) is 4.66. The van der Waals surface area contributed by atoms with Gasteiger partial charge < -0.3 is 15.0 Å². The van der Waals surface area contributed by atoms with Crippen LogP contribution in [-0.2, 0) is 13.0 Å². The van der Waals surface area contributed by atoms with Gasteiger partial charge in [-0.1, -0.05) is 60.7 Å². The fourth-order valence-corrected chi connectivity index (χ4v) is 4.93. The number of fused-ring (bicyclic) bond motifs is 2. The van der Waals surface area contributed by atoms with Gasteiger partial charge in [0.1, 0.15) is 17.8 Å². The van der Waals surface area contributed by atoms with Crippen LogP contribution < -0.4 is 15.0 Å². The summed E-state index contributed by atoms with van der Waals surface area (Å²) in [6, 6.07) is 36.4. The van der Waals surface area contributed by atoms with Crippen molar-refractivity contribution in [2.45, 2.75) is 13.0 Å². The lowest BCUT2D eigenvalue weighted by molar-refractivity contribution is 0.483. The van der Waals surface area contributed by atoms with E-state index in [0.717, 1.165) is 48.0 Å². The van der Waals surface area contributed by atoms with Crippen LogP contribution in [0.5, 0.6) is 11.5 Å². The number of nitrogens with one attached hydrogen (secondary N) is 1. The van der Waals surface area contributed by atoms with Crippen molar-refractivity contribution in [1.29, 1.82) is 0 Å². The average Bonchev–Trinajstić information content (AvgIpc) is 3.43. The number of rotatable bonds is 6. The Hall–Kier alpha value is -5.17. The van der Waals surface area contributed by atoms with Crippen LogP contribution in [0.25, 0.3) is 16.9 Å². The molecule has 0 aliphatic carbocycles. The van der Waals surface area contributed by atoms with Crippen molar-refractivity contribution in [2.24, 2.45) is 0 Å². The molecule has 7 nitrogen and oxygen atoms in total. The summed E-state index contributed by atoms with van der Waals surface area (Å²) in [6.45, 7) is 1.62. The summed E-state index contributed by atoms with van der Waals surface area (Å²) < 4.78 is 7.97. The number of para-hydroxylation sites is 2. The molecule has 7 heteroatoms. The third-order valence-electron chi connectivity index (χ3n) is 6.93. The number of nitrogens with zero attached hydrogens (tertiary/aromatic N) is 5. The summed E-state index contributed by atoms with van der Waals surface area (Å²) in [7, 11) is 0. The Kier molecular flexibility index (Phi) is 5.86. The van der Waals surface area contributed by atoms with Crippen LogP contribution >= 0.6 is 0 Å². The maximum absolute atomic E-state index is 5.96. The highest BCUT2D eigenvalue weighted by Gasteiger charge is 2.22. The lowest BCUT2D eigenvalue weighted by Gasteiger charge is -2.29.